The summed E-state index contributed by atoms with van der Waals surface area (Å²) in [7, 11) is 1.62. The van der Waals surface area contributed by atoms with Gasteiger partial charge in [-0.15, -0.1) is 0 Å². The molecule has 0 saturated carbocycles. The van der Waals surface area contributed by atoms with Crippen LogP contribution in [0, 0.1) is 13.8 Å². The second kappa shape index (κ2) is 7.59. The van der Waals surface area contributed by atoms with E-state index < -0.39 is 0 Å². The lowest BCUT2D eigenvalue weighted by Crippen LogP contribution is -2.58. The molecule has 1 aliphatic rings. The molecule has 1 fully saturated rings. The molecule has 1 atom stereocenters. The summed E-state index contributed by atoms with van der Waals surface area (Å²) in [5.41, 5.74) is 3.00. The first kappa shape index (κ1) is 17.5. The summed E-state index contributed by atoms with van der Waals surface area (Å²) in [6, 6.07) is 5.72. The second-order valence-electron chi connectivity index (χ2n) is 6.10. The molecule has 2 amide bonds. The van der Waals surface area contributed by atoms with Gasteiger partial charge < -0.3 is 14.5 Å². The molecule has 1 saturated heterocycles. The highest BCUT2D eigenvalue weighted by Gasteiger charge is 2.32. The third-order valence-corrected chi connectivity index (χ3v) is 4.51. The van der Waals surface area contributed by atoms with Crippen LogP contribution in [-0.2, 0) is 9.53 Å². The molecule has 1 aromatic rings. The van der Waals surface area contributed by atoms with Gasteiger partial charge in [-0.2, -0.15) is 0 Å². The summed E-state index contributed by atoms with van der Waals surface area (Å²) >= 11 is 0. The maximum atomic E-state index is 12.7. The molecule has 0 N–H and O–H groups in total. The summed E-state index contributed by atoms with van der Waals surface area (Å²) < 4.78 is 5.24. The third-order valence-electron chi connectivity index (χ3n) is 4.51. The average Bonchev–Trinajstić information content (AvgIpc) is 2.56. The highest BCUT2D eigenvalue weighted by Crippen LogP contribution is 2.17. The van der Waals surface area contributed by atoms with Crippen LogP contribution >= 0.6 is 0 Å². The minimum absolute atomic E-state index is 0.0257. The molecule has 0 aliphatic carbocycles. The Kier molecular flexibility index (Phi) is 5.77. The Balaban J connectivity index is 2.13. The predicted molar refractivity (Wildman–Crippen MR) is 89.5 cm³/mol. The molecule has 2 rings (SSSR count). The van der Waals surface area contributed by atoms with Gasteiger partial charge in [0.25, 0.3) is 5.91 Å². The van der Waals surface area contributed by atoms with Gasteiger partial charge in [0.15, 0.2) is 0 Å². The number of ether oxygens (including phenoxy) is 1. The molecule has 0 bridgehead atoms. The van der Waals surface area contributed by atoms with Crippen molar-refractivity contribution in [2.75, 3.05) is 33.4 Å². The van der Waals surface area contributed by atoms with Crippen LogP contribution in [0.4, 0.5) is 0 Å². The van der Waals surface area contributed by atoms with Crippen LogP contribution in [0.5, 0.6) is 0 Å². The van der Waals surface area contributed by atoms with Gasteiger partial charge in [0.1, 0.15) is 0 Å². The Bertz CT molecular complexity index is 586. The topological polar surface area (TPSA) is 49.9 Å². The minimum Gasteiger partial charge on any atom is -0.382 e. The fraction of sp³-hybridized carbons (Fsp3) is 0.556. The van der Waals surface area contributed by atoms with E-state index in [9.17, 15) is 9.59 Å². The van der Waals surface area contributed by atoms with Crippen LogP contribution in [0.25, 0.3) is 0 Å². The number of hydrogen-bond donors (Lipinski definition) is 0. The maximum absolute atomic E-state index is 12.7. The molecule has 1 aromatic carbocycles. The SMILES string of the molecule is CCC(=O)N1CCN(C(=O)c2ccc(C)c(C)c2)CC1COC. The molecule has 126 valence electrons. The van der Waals surface area contributed by atoms with Gasteiger partial charge in [-0.25, -0.2) is 0 Å². The lowest BCUT2D eigenvalue weighted by Gasteiger charge is -2.41. The van der Waals surface area contributed by atoms with Crippen molar-refractivity contribution in [2.24, 2.45) is 0 Å². The van der Waals surface area contributed by atoms with Gasteiger partial charge in [0, 0.05) is 38.7 Å². The van der Waals surface area contributed by atoms with E-state index in [-0.39, 0.29) is 17.9 Å². The summed E-state index contributed by atoms with van der Waals surface area (Å²) in [6.07, 6.45) is 0.477. The van der Waals surface area contributed by atoms with E-state index >= 15 is 0 Å². The summed E-state index contributed by atoms with van der Waals surface area (Å²) in [5.74, 6) is 0.142. The molecule has 1 aliphatic heterocycles. The van der Waals surface area contributed by atoms with Crippen LogP contribution in [0.3, 0.4) is 0 Å². The maximum Gasteiger partial charge on any atom is 0.253 e. The van der Waals surface area contributed by atoms with E-state index in [4.69, 9.17) is 4.74 Å². The van der Waals surface area contributed by atoms with E-state index in [1.807, 2.05) is 48.8 Å². The van der Waals surface area contributed by atoms with E-state index in [1.165, 1.54) is 5.56 Å². The van der Waals surface area contributed by atoms with Crippen molar-refractivity contribution in [1.29, 1.82) is 0 Å². The fourth-order valence-electron chi connectivity index (χ4n) is 2.96. The van der Waals surface area contributed by atoms with E-state index in [2.05, 4.69) is 0 Å². The van der Waals surface area contributed by atoms with Crippen molar-refractivity contribution in [3.63, 3.8) is 0 Å². The highest BCUT2D eigenvalue weighted by molar-refractivity contribution is 5.94. The first-order valence-electron chi connectivity index (χ1n) is 8.12. The fourth-order valence-corrected chi connectivity index (χ4v) is 2.96. The number of amides is 2. The molecule has 23 heavy (non-hydrogen) atoms. The number of carbonyl (C=O) groups is 2. The van der Waals surface area contributed by atoms with Crippen molar-refractivity contribution in [1.82, 2.24) is 9.80 Å². The summed E-state index contributed by atoms with van der Waals surface area (Å²) in [5, 5.41) is 0. The first-order chi connectivity index (χ1) is 11.0. The van der Waals surface area contributed by atoms with Crippen molar-refractivity contribution >= 4 is 11.8 Å². The molecule has 0 spiro atoms. The molecule has 5 nitrogen and oxygen atoms in total. The van der Waals surface area contributed by atoms with E-state index in [1.54, 1.807) is 7.11 Å². The predicted octanol–water partition coefficient (Wildman–Crippen LogP) is 2.01. The number of hydrogen-bond acceptors (Lipinski definition) is 3. The Hall–Kier alpha value is -1.88. The Labute approximate surface area is 138 Å². The van der Waals surface area contributed by atoms with Crippen LogP contribution < -0.4 is 0 Å². The molecular weight excluding hydrogens is 292 g/mol. The molecular formula is C18H26N2O3. The standard InChI is InChI=1S/C18H26N2O3/c1-5-17(21)20-9-8-19(11-16(20)12-23-4)18(22)15-7-6-13(2)14(3)10-15/h6-7,10,16H,5,8-9,11-12H2,1-4H3. The van der Waals surface area contributed by atoms with Gasteiger partial charge in [0.2, 0.25) is 5.91 Å². The number of methoxy groups -OCH3 is 1. The zero-order valence-corrected chi connectivity index (χ0v) is 14.5. The van der Waals surface area contributed by atoms with Crippen LogP contribution in [0.15, 0.2) is 18.2 Å². The van der Waals surface area contributed by atoms with Crippen molar-refractivity contribution in [3.05, 3.63) is 34.9 Å². The monoisotopic (exact) mass is 318 g/mol. The molecule has 0 radical (unpaired) electrons. The van der Waals surface area contributed by atoms with E-state index in [0.29, 0.717) is 38.2 Å². The number of carbonyl (C=O) groups excluding carboxylic acids is 2. The van der Waals surface area contributed by atoms with Gasteiger partial charge in [-0.3, -0.25) is 9.59 Å². The smallest absolute Gasteiger partial charge is 0.253 e. The average molecular weight is 318 g/mol. The number of benzene rings is 1. The van der Waals surface area contributed by atoms with Crippen LogP contribution in [0.2, 0.25) is 0 Å². The number of piperazine rings is 1. The van der Waals surface area contributed by atoms with Crippen LogP contribution in [0.1, 0.15) is 34.8 Å². The summed E-state index contributed by atoms with van der Waals surface area (Å²) in [4.78, 5) is 28.5. The van der Waals surface area contributed by atoms with Gasteiger partial charge in [0.05, 0.1) is 12.6 Å². The molecule has 5 heteroatoms. The molecule has 1 unspecified atom stereocenters. The molecule has 0 aromatic heterocycles. The number of aryl methyl sites for hydroxylation is 2. The number of nitrogens with zero attached hydrogens (tertiary/aromatic N) is 2. The van der Waals surface area contributed by atoms with Gasteiger partial charge >= 0.3 is 0 Å². The zero-order chi connectivity index (χ0) is 17.0. The van der Waals surface area contributed by atoms with Crippen LogP contribution in [-0.4, -0.2) is 61.0 Å². The second-order valence-corrected chi connectivity index (χ2v) is 6.10. The van der Waals surface area contributed by atoms with Crippen molar-refractivity contribution in [2.45, 2.75) is 33.2 Å². The van der Waals surface area contributed by atoms with E-state index in [0.717, 1.165) is 5.56 Å². The largest absolute Gasteiger partial charge is 0.382 e. The third kappa shape index (κ3) is 3.91. The van der Waals surface area contributed by atoms with Gasteiger partial charge in [-0.05, 0) is 37.1 Å². The minimum atomic E-state index is -0.0725. The normalized spacial score (nSPS) is 18.2. The quantitative estimate of drug-likeness (QED) is 0.853. The Morgan fingerprint density at radius 2 is 1.96 bits per heavy atom. The lowest BCUT2D eigenvalue weighted by molar-refractivity contribution is -0.136. The zero-order valence-electron chi connectivity index (χ0n) is 14.5. The first-order valence-corrected chi connectivity index (χ1v) is 8.12. The Morgan fingerprint density at radius 1 is 1.22 bits per heavy atom. The van der Waals surface area contributed by atoms with Gasteiger partial charge in [-0.1, -0.05) is 13.0 Å². The summed E-state index contributed by atoms with van der Waals surface area (Å²) in [6.45, 7) is 8.01. The van der Waals surface area contributed by atoms with Crippen molar-refractivity contribution < 1.29 is 14.3 Å². The Morgan fingerprint density at radius 3 is 2.57 bits per heavy atom. The highest BCUT2D eigenvalue weighted by atomic mass is 16.5. The molecule has 1 heterocycles. The van der Waals surface area contributed by atoms with Crippen molar-refractivity contribution in [3.8, 4) is 0 Å². The lowest BCUT2D eigenvalue weighted by atomic mass is 10.0. The number of rotatable bonds is 4.